The van der Waals surface area contributed by atoms with Gasteiger partial charge in [-0.2, -0.15) is 0 Å². The molecule has 0 aromatic carbocycles. The van der Waals surface area contributed by atoms with Gasteiger partial charge in [0.15, 0.2) is 5.82 Å². The molecule has 30 heavy (non-hydrogen) atoms. The number of pyridine rings is 1. The number of ether oxygens (including phenoxy) is 1. The van der Waals surface area contributed by atoms with Crippen molar-refractivity contribution in [1.82, 2.24) is 19.6 Å². The Hall–Kier alpha value is -2.72. The number of alkyl halides is 2. The molecule has 160 valence electrons. The van der Waals surface area contributed by atoms with Gasteiger partial charge in [0, 0.05) is 18.9 Å². The van der Waals surface area contributed by atoms with Crippen molar-refractivity contribution in [2.24, 2.45) is 0 Å². The summed E-state index contributed by atoms with van der Waals surface area (Å²) in [6.45, 7) is 3.60. The molecule has 7 nitrogen and oxygen atoms in total. The normalized spacial score (nSPS) is 20.1. The average Bonchev–Trinajstić information content (AvgIpc) is 3.06. The summed E-state index contributed by atoms with van der Waals surface area (Å²) in [7, 11) is 0. The third-order valence-corrected chi connectivity index (χ3v) is 5.42. The summed E-state index contributed by atoms with van der Waals surface area (Å²) in [5.41, 5.74) is -0.0581. The molecule has 3 aromatic rings. The number of aliphatic hydroxyl groups is 1. The van der Waals surface area contributed by atoms with Crippen LogP contribution >= 0.6 is 0 Å². The Morgan fingerprint density at radius 1 is 1.27 bits per heavy atom. The number of anilines is 1. The SMILES string of the molecule is CC(C)(c1ccc(-c2cc(F)c3cnc(N[C@@H]4CCOC[C@H]4O)nn23)nc1)C(F)F. The fourth-order valence-electron chi connectivity index (χ4n) is 3.31. The van der Waals surface area contributed by atoms with Crippen LogP contribution in [-0.4, -0.2) is 56.5 Å². The van der Waals surface area contributed by atoms with Crippen LogP contribution < -0.4 is 5.32 Å². The van der Waals surface area contributed by atoms with E-state index < -0.39 is 23.8 Å². The van der Waals surface area contributed by atoms with E-state index in [4.69, 9.17) is 4.74 Å². The van der Waals surface area contributed by atoms with Crippen LogP contribution in [0.5, 0.6) is 0 Å². The molecule has 4 rings (SSSR count). The zero-order chi connectivity index (χ0) is 21.5. The van der Waals surface area contributed by atoms with Crippen molar-refractivity contribution in [3.05, 3.63) is 42.0 Å². The Bertz CT molecular complexity index is 1040. The Balaban J connectivity index is 1.67. The first-order valence-corrected chi connectivity index (χ1v) is 9.59. The van der Waals surface area contributed by atoms with Crippen LogP contribution in [0.4, 0.5) is 19.1 Å². The average molecular weight is 421 g/mol. The molecule has 4 heterocycles. The van der Waals surface area contributed by atoms with E-state index >= 15 is 0 Å². The first kappa shape index (κ1) is 20.5. The first-order chi connectivity index (χ1) is 14.3. The lowest BCUT2D eigenvalue weighted by Crippen LogP contribution is -2.42. The predicted molar refractivity (Wildman–Crippen MR) is 104 cm³/mol. The summed E-state index contributed by atoms with van der Waals surface area (Å²) >= 11 is 0. The number of halogens is 3. The van der Waals surface area contributed by atoms with Gasteiger partial charge in [0.25, 0.3) is 0 Å². The monoisotopic (exact) mass is 421 g/mol. The maximum absolute atomic E-state index is 14.4. The second kappa shape index (κ2) is 7.84. The Labute approximate surface area is 170 Å². The molecule has 0 unspecified atom stereocenters. The number of nitrogens with one attached hydrogen (secondary N) is 1. The summed E-state index contributed by atoms with van der Waals surface area (Å²) in [5, 5.41) is 17.4. The summed E-state index contributed by atoms with van der Waals surface area (Å²) in [6, 6.07) is 4.12. The largest absolute Gasteiger partial charge is 0.389 e. The summed E-state index contributed by atoms with van der Waals surface area (Å²) < 4.78 is 47.5. The number of hydrogen-bond donors (Lipinski definition) is 2. The first-order valence-electron chi connectivity index (χ1n) is 9.59. The van der Waals surface area contributed by atoms with E-state index in [1.54, 1.807) is 12.1 Å². The number of fused-ring (bicyclic) bond motifs is 1. The third kappa shape index (κ3) is 3.72. The fourth-order valence-corrected chi connectivity index (χ4v) is 3.31. The molecule has 0 amide bonds. The highest BCUT2D eigenvalue weighted by Crippen LogP contribution is 2.31. The van der Waals surface area contributed by atoms with Crippen molar-refractivity contribution in [2.45, 2.75) is 44.3 Å². The number of aliphatic hydroxyl groups excluding tert-OH is 1. The lowest BCUT2D eigenvalue weighted by atomic mass is 9.86. The van der Waals surface area contributed by atoms with Crippen molar-refractivity contribution in [3.63, 3.8) is 0 Å². The van der Waals surface area contributed by atoms with Gasteiger partial charge in [0.2, 0.25) is 12.4 Å². The molecule has 0 saturated carbocycles. The van der Waals surface area contributed by atoms with Gasteiger partial charge in [-0.05, 0) is 18.1 Å². The molecule has 10 heteroatoms. The van der Waals surface area contributed by atoms with E-state index in [2.05, 4.69) is 20.4 Å². The number of nitrogens with zero attached hydrogens (tertiary/aromatic N) is 4. The van der Waals surface area contributed by atoms with Gasteiger partial charge in [-0.1, -0.05) is 19.9 Å². The summed E-state index contributed by atoms with van der Waals surface area (Å²) in [4.78, 5) is 8.39. The molecule has 1 aliphatic heterocycles. The van der Waals surface area contributed by atoms with Crippen molar-refractivity contribution in [1.29, 1.82) is 0 Å². The fraction of sp³-hybridized carbons (Fsp3) is 0.450. The van der Waals surface area contributed by atoms with Gasteiger partial charge in [-0.3, -0.25) is 4.98 Å². The molecular formula is C20H22F3N5O2. The lowest BCUT2D eigenvalue weighted by molar-refractivity contribution is -0.0136. The minimum Gasteiger partial charge on any atom is -0.389 e. The molecule has 2 atom stereocenters. The van der Waals surface area contributed by atoms with Crippen LogP contribution in [0.3, 0.4) is 0 Å². The Morgan fingerprint density at radius 3 is 2.73 bits per heavy atom. The highest BCUT2D eigenvalue weighted by molar-refractivity contribution is 5.64. The van der Waals surface area contributed by atoms with Gasteiger partial charge >= 0.3 is 0 Å². The molecule has 0 spiro atoms. The van der Waals surface area contributed by atoms with Crippen molar-refractivity contribution in [2.75, 3.05) is 18.5 Å². The summed E-state index contributed by atoms with van der Waals surface area (Å²) in [5.74, 6) is -0.304. The zero-order valence-electron chi connectivity index (χ0n) is 16.5. The second-order valence-corrected chi connectivity index (χ2v) is 7.89. The predicted octanol–water partition coefficient (Wildman–Crippen LogP) is 3.03. The van der Waals surface area contributed by atoms with Crippen molar-refractivity contribution in [3.8, 4) is 11.4 Å². The van der Waals surface area contributed by atoms with Crippen LogP contribution in [0, 0.1) is 5.82 Å². The number of hydrogen-bond acceptors (Lipinski definition) is 6. The quantitative estimate of drug-likeness (QED) is 0.659. The van der Waals surface area contributed by atoms with Gasteiger partial charge < -0.3 is 15.2 Å². The molecule has 0 radical (unpaired) electrons. The van der Waals surface area contributed by atoms with E-state index in [9.17, 15) is 18.3 Å². The van der Waals surface area contributed by atoms with Crippen LogP contribution in [0.2, 0.25) is 0 Å². The van der Waals surface area contributed by atoms with Crippen molar-refractivity contribution >= 4 is 11.5 Å². The van der Waals surface area contributed by atoms with E-state index in [1.807, 2.05) is 0 Å². The molecule has 3 aromatic heterocycles. The molecular weight excluding hydrogens is 399 g/mol. The molecule has 1 fully saturated rings. The molecule has 1 aliphatic rings. The standard InChI is InChI=1S/C20H22F3N5O2/c1-20(2,18(22)23)11-3-4-13(24-8-11)15-7-12(21)16-9-25-19(27-28(15)16)26-14-5-6-30-10-17(14)29/h3-4,7-9,14,17-18,29H,5-6,10H2,1-2H3,(H,26,27)/t14-,17-/m1/s1. The molecule has 0 aliphatic carbocycles. The van der Waals surface area contributed by atoms with Crippen molar-refractivity contribution < 1.29 is 23.0 Å². The van der Waals surface area contributed by atoms with E-state index in [0.29, 0.717) is 30.0 Å². The van der Waals surface area contributed by atoms with Gasteiger partial charge in [-0.15, -0.1) is 5.10 Å². The number of rotatable bonds is 5. The molecule has 0 bridgehead atoms. The van der Waals surface area contributed by atoms with Gasteiger partial charge in [0.1, 0.15) is 5.52 Å². The maximum Gasteiger partial charge on any atom is 0.247 e. The molecule has 2 N–H and O–H groups in total. The maximum atomic E-state index is 14.4. The smallest absolute Gasteiger partial charge is 0.247 e. The highest BCUT2D eigenvalue weighted by Gasteiger charge is 2.32. The Morgan fingerprint density at radius 2 is 2.07 bits per heavy atom. The van der Waals surface area contributed by atoms with Crippen LogP contribution in [0.25, 0.3) is 16.9 Å². The van der Waals surface area contributed by atoms with Gasteiger partial charge in [0.05, 0.1) is 41.8 Å². The second-order valence-electron chi connectivity index (χ2n) is 7.89. The molecule has 1 saturated heterocycles. The minimum atomic E-state index is -2.54. The van der Waals surface area contributed by atoms with Crippen LogP contribution in [0.1, 0.15) is 25.8 Å². The minimum absolute atomic E-state index is 0.155. The topological polar surface area (TPSA) is 84.6 Å². The third-order valence-electron chi connectivity index (χ3n) is 5.42. The van der Waals surface area contributed by atoms with E-state index in [0.717, 1.165) is 0 Å². The van der Waals surface area contributed by atoms with E-state index in [1.165, 1.54) is 36.8 Å². The van der Waals surface area contributed by atoms with E-state index in [-0.39, 0.29) is 24.1 Å². The highest BCUT2D eigenvalue weighted by atomic mass is 19.3. The van der Waals surface area contributed by atoms with Crippen LogP contribution in [-0.2, 0) is 10.2 Å². The zero-order valence-corrected chi connectivity index (χ0v) is 16.5. The lowest BCUT2D eigenvalue weighted by Gasteiger charge is -2.28. The number of aromatic nitrogens is 4. The van der Waals surface area contributed by atoms with Gasteiger partial charge in [-0.25, -0.2) is 22.7 Å². The Kier molecular flexibility index (Phi) is 5.37. The summed E-state index contributed by atoms with van der Waals surface area (Å²) in [6.07, 6.45) is 0.0503. The van der Waals surface area contributed by atoms with Crippen LogP contribution in [0.15, 0.2) is 30.6 Å².